The zero-order chi connectivity index (χ0) is 10.8. The molecule has 0 unspecified atom stereocenters. The number of carbonyl (C=O) groups is 1. The van der Waals surface area contributed by atoms with Crippen molar-refractivity contribution < 1.29 is 4.79 Å². The third-order valence-electron chi connectivity index (χ3n) is 2.43. The number of H-pyrrole nitrogens is 1. The van der Waals surface area contributed by atoms with Crippen LogP contribution in [0.5, 0.6) is 0 Å². The van der Waals surface area contributed by atoms with Gasteiger partial charge in [-0.3, -0.25) is 4.79 Å². The van der Waals surface area contributed by atoms with Crippen molar-refractivity contribution in [3.63, 3.8) is 0 Å². The molecule has 5 N–H and O–H groups in total. The van der Waals surface area contributed by atoms with Crippen LogP contribution in [0.1, 0.15) is 18.0 Å². The van der Waals surface area contributed by atoms with Gasteiger partial charge in [0.1, 0.15) is 0 Å². The van der Waals surface area contributed by atoms with Gasteiger partial charge in [-0.05, 0) is 29.1 Å². The molecule has 1 aromatic carbocycles. The summed E-state index contributed by atoms with van der Waals surface area (Å²) in [5, 5.41) is 1.09. The second-order valence-electron chi connectivity index (χ2n) is 3.60. The maximum Gasteiger partial charge on any atom is 0.219 e. The van der Waals surface area contributed by atoms with E-state index in [0.29, 0.717) is 0 Å². The molecule has 1 heterocycles. The number of aromatic nitrogens is 1. The molecule has 0 spiro atoms. The lowest BCUT2D eigenvalue weighted by Crippen LogP contribution is -2.20. The van der Waals surface area contributed by atoms with Crippen LogP contribution in [0.25, 0.3) is 10.9 Å². The molecular weight excluding hydrogens is 190 g/mol. The number of amides is 1. The fourth-order valence-corrected chi connectivity index (χ4v) is 1.64. The molecule has 0 saturated carbocycles. The smallest absolute Gasteiger partial charge is 0.219 e. The summed E-state index contributed by atoms with van der Waals surface area (Å²) >= 11 is 0. The van der Waals surface area contributed by atoms with Crippen LogP contribution in [-0.2, 0) is 4.79 Å². The lowest BCUT2D eigenvalue weighted by molar-refractivity contribution is -0.118. The lowest BCUT2D eigenvalue weighted by atomic mass is 10.0. The number of fused-ring (bicyclic) bond motifs is 1. The Morgan fingerprint density at radius 2 is 2.20 bits per heavy atom. The quantitative estimate of drug-likeness (QED) is 0.696. The van der Waals surface area contributed by atoms with Gasteiger partial charge in [-0.15, -0.1) is 0 Å². The minimum absolute atomic E-state index is 0.177. The number of hydrogen-bond donors (Lipinski definition) is 3. The zero-order valence-electron chi connectivity index (χ0n) is 8.23. The van der Waals surface area contributed by atoms with E-state index in [2.05, 4.69) is 4.98 Å². The maximum absolute atomic E-state index is 10.7. The van der Waals surface area contributed by atoms with Gasteiger partial charge in [0, 0.05) is 24.2 Å². The number of aromatic amines is 1. The van der Waals surface area contributed by atoms with Gasteiger partial charge < -0.3 is 16.5 Å². The third kappa shape index (κ3) is 1.99. The summed E-state index contributed by atoms with van der Waals surface area (Å²) in [4.78, 5) is 13.8. The standard InChI is InChI=1S/C11H13N3O/c12-9(6-11(13)15)7-1-2-10-8(5-7)3-4-14-10/h1-5,9,14H,6,12H2,(H2,13,15)/t9-/m0/s1. The molecule has 0 radical (unpaired) electrons. The summed E-state index contributed by atoms with van der Waals surface area (Å²) in [5.74, 6) is -0.378. The number of hydrogen-bond acceptors (Lipinski definition) is 2. The Bertz CT molecular complexity index is 489. The minimum Gasteiger partial charge on any atom is -0.370 e. The average molecular weight is 203 g/mol. The summed E-state index contributed by atoms with van der Waals surface area (Å²) in [5.41, 5.74) is 12.9. The molecule has 2 aromatic rings. The Balaban J connectivity index is 2.30. The highest BCUT2D eigenvalue weighted by Crippen LogP contribution is 2.19. The maximum atomic E-state index is 10.7. The van der Waals surface area contributed by atoms with E-state index in [1.54, 1.807) is 0 Å². The Hall–Kier alpha value is -1.81. The topological polar surface area (TPSA) is 84.9 Å². The second-order valence-corrected chi connectivity index (χ2v) is 3.60. The van der Waals surface area contributed by atoms with Crippen LogP contribution < -0.4 is 11.5 Å². The van der Waals surface area contributed by atoms with Crippen LogP contribution >= 0.6 is 0 Å². The molecule has 4 nitrogen and oxygen atoms in total. The fraction of sp³-hybridized carbons (Fsp3) is 0.182. The summed E-state index contributed by atoms with van der Waals surface area (Å²) in [6, 6.07) is 7.48. The Labute approximate surface area is 87.3 Å². The monoisotopic (exact) mass is 203 g/mol. The summed E-state index contributed by atoms with van der Waals surface area (Å²) in [6.45, 7) is 0. The first-order valence-electron chi connectivity index (χ1n) is 4.78. The predicted octanol–water partition coefficient (Wildman–Crippen LogP) is 1.04. The van der Waals surface area contributed by atoms with E-state index >= 15 is 0 Å². The molecule has 1 atom stereocenters. The van der Waals surface area contributed by atoms with Gasteiger partial charge in [0.15, 0.2) is 0 Å². The normalized spacial score (nSPS) is 12.9. The van der Waals surface area contributed by atoms with E-state index in [-0.39, 0.29) is 18.4 Å². The van der Waals surface area contributed by atoms with Crippen LogP contribution in [0.3, 0.4) is 0 Å². The van der Waals surface area contributed by atoms with E-state index in [4.69, 9.17) is 11.5 Å². The number of primary amides is 1. The van der Waals surface area contributed by atoms with Crippen molar-refractivity contribution in [1.29, 1.82) is 0 Å². The highest BCUT2D eigenvalue weighted by molar-refractivity contribution is 5.80. The summed E-state index contributed by atoms with van der Waals surface area (Å²) < 4.78 is 0. The molecule has 0 aliphatic rings. The van der Waals surface area contributed by atoms with Gasteiger partial charge in [-0.1, -0.05) is 6.07 Å². The molecule has 0 bridgehead atoms. The van der Waals surface area contributed by atoms with Gasteiger partial charge >= 0.3 is 0 Å². The predicted molar refractivity (Wildman–Crippen MR) is 59.0 cm³/mol. The number of carbonyl (C=O) groups excluding carboxylic acids is 1. The molecule has 2 rings (SSSR count). The Kier molecular flexibility index (Phi) is 2.43. The van der Waals surface area contributed by atoms with Crippen molar-refractivity contribution in [2.75, 3.05) is 0 Å². The molecule has 0 aliphatic carbocycles. The Morgan fingerprint density at radius 1 is 1.40 bits per heavy atom. The molecule has 1 aromatic heterocycles. The van der Waals surface area contributed by atoms with Crippen molar-refractivity contribution in [2.24, 2.45) is 11.5 Å². The summed E-state index contributed by atoms with van der Waals surface area (Å²) in [7, 11) is 0. The number of nitrogens with two attached hydrogens (primary N) is 2. The van der Waals surface area contributed by atoms with Crippen LogP contribution in [0.2, 0.25) is 0 Å². The molecule has 0 fully saturated rings. The van der Waals surface area contributed by atoms with Crippen molar-refractivity contribution >= 4 is 16.8 Å². The minimum atomic E-state index is -0.378. The highest BCUT2D eigenvalue weighted by Gasteiger charge is 2.09. The average Bonchev–Trinajstić information content (AvgIpc) is 2.62. The largest absolute Gasteiger partial charge is 0.370 e. The molecule has 15 heavy (non-hydrogen) atoms. The first-order chi connectivity index (χ1) is 7.16. The summed E-state index contributed by atoms with van der Waals surface area (Å²) in [6.07, 6.45) is 2.05. The van der Waals surface area contributed by atoms with Crippen LogP contribution in [0, 0.1) is 0 Å². The van der Waals surface area contributed by atoms with Crippen molar-refractivity contribution in [2.45, 2.75) is 12.5 Å². The number of benzene rings is 1. The molecule has 4 heteroatoms. The molecular formula is C11H13N3O. The third-order valence-corrected chi connectivity index (χ3v) is 2.43. The van der Waals surface area contributed by atoms with Gasteiger partial charge in [0.2, 0.25) is 5.91 Å². The van der Waals surface area contributed by atoms with E-state index < -0.39 is 0 Å². The van der Waals surface area contributed by atoms with Crippen LogP contribution in [-0.4, -0.2) is 10.9 Å². The molecule has 1 amide bonds. The van der Waals surface area contributed by atoms with Gasteiger partial charge in [-0.25, -0.2) is 0 Å². The molecule has 78 valence electrons. The Morgan fingerprint density at radius 3 is 2.93 bits per heavy atom. The molecule has 0 saturated heterocycles. The highest BCUT2D eigenvalue weighted by atomic mass is 16.1. The van der Waals surface area contributed by atoms with E-state index in [0.717, 1.165) is 16.5 Å². The van der Waals surface area contributed by atoms with E-state index in [1.165, 1.54) is 0 Å². The van der Waals surface area contributed by atoms with Crippen LogP contribution in [0.4, 0.5) is 0 Å². The van der Waals surface area contributed by atoms with Crippen molar-refractivity contribution in [3.05, 3.63) is 36.0 Å². The molecule has 0 aliphatic heterocycles. The van der Waals surface area contributed by atoms with E-state index in [9.17, 15) is 4.79 Å². The number of nitrogens with one attached hydrogen (secondary N) is 1. The second kappa shape index (κ2) is 3.74. The first-order valence-corrected chi connectivity index (χ1v) is 4.78. The zero-order valence-corrected chi connectivity index (χ0v) is 8.23. The van der Waals surface area contributed by atoms with E-state index in [1.807, 2.05) is 30.5 Å². The van der Waals surface area contributed by atoms with Crippen molar-refractivity contribution in [3.8, 4) is 0 Å². The SMILES string of the molecule is NC(=O)C[C@H](N)c1ccc2[nH]ccc2c1. The lowest BCUT2D eigenvalue weighted by Gasteiger charge is -2.09. The van der Waals surface area contributed by atoms with Crippen molar-refractivity contribution in [1.82, 2.24) is 4.98 Å². The number of rotatable bonds is 3. The first kappa shape index (κ1) is 9.73. The van der Waals surface area contributed by atoms with Crippen LogP contribution in [0.15, 0.2) is 30.5 Å². The van der Waals surface area contributed by atoms with Gasteiger partial charge in [0.25, 0.3) is 0 Å². The van der Waals surface area contributed by atoms with Gasteiger partial charge in [0.05, 0.1) is 0 Å². The van der Waals surface area contributed by atoms with Gasteiger partial charge in [-0.2, -0.15) is 0 Å². The fourth-order valence-electron chi connectivity index (χ4n) is 1.64.